The Balaban J connectivity index is 1.37. The van der Waals surface area contributed by atoms with Crippen molar-refractivity contribution in [2.24, 2.45) is 5.92 Å². The maximum Gasteiger partial charge on any atom is 0.407 e. The number of carboxylic acid groups (broad SMARTS) is 1. The third kappa shape index (κ3) is 5.71. The monoisotopic (exact) mass is 478 g/mol. The van der Waals surface area contributed by atoms with Gasteiger partial charge in [-0.1, -0.05) is 60.7 Å². The van der Waals surface area contributed by atoms with Crippen molar-refractivity contribution in [1.82, 2.24) is 10.6 Å². The Hall–Kier alpha value is -3.65. The SMILES string of the molecule is COCCC(NC(=O)OCC1c2ccccc2-c2ccccc21)C(=O)NC1C=CCC(C(=O)O)C1. The van der Waals surface area contributed by atoms with Gasteiger partial charge in [0.15, 0.2) is 0 Å². The van der Waals surface area contributed by atoms with E-state index in [1.54, 1.807) is 12.2 Å². The summed E-state index contributed by atoms with van der Waals surface area (Å²) in [5.74, 6) is -1.92. The third-order valence-electron chi connectivity index (χ3n) is 6.57. The van der Waals surface area contributed by atoms with E-state index in [9.17, 15) is 19.5 Å². The fraction of sp³-hybridized carbons (Fsp3) is 0.370. The summed E-state index contributed by atoms with van der Waals surface area (Å²) < 4.78 is 10.7. The molecule has 8 heteroatoms. The lowest BCUT2D eigenvalue weighted by atomic mass is 9.91. The van der Waals surface area contributed by atoms with E-state index in [-0.39, 0.29) is 25.6 Å². The summed E-state index contributed by atoms with van der Waals surface area (Å²) >= 11 is 0. The number of carbonyl (C=O) groups is 3. The Morgan fingerprint density at radius 1 is 1.06 bits per heavy atom. The summed E-state index contributed by atoms with van der Waals surface area (Å²) in [6.45, 7) is 0.407. The quantitative estimate of drug-likeness (QED) is 0.476. The molecule has 2 aromatic carbocycles. The first-order valence-electron chi connectivity index (χ1n) is 11.8. The second-order valence-corrected chi connectivity index (χ2v) is 8.85. The second kappa shape index (κ2) is 11.2. The molecule has 0 aromatic heterocycles. The van der Waals surface area contributed by atoms with Crippen molar-refractivity contribution < 1.29 is 29.0 Å². The van der Waals surface area contributed by atoms with Gasteiger partial charge in [-0.05, 0) is 35.1 Å². The van der Waals surface area contributed by atoms with E-state index in [1.807, 2.05) is 36.4 Å². The molecule has 0 heterocycles. The molecule has 2 aliphatic carbocycles. The maximum atomic E-state index is 12.9. The minimum Gasteiger partial charge on any atom is -0.481 e. The molecule has 184 valence electrons. The van der Waals surface area contributed by atoms with Crippen molar-refractivity contribution in [3.8, 4) is 11.1 Å². The number of fused-ring (bicyclic) bond motifs is 3. The zero-order valence-corrected chi connectivity index (χ0v) is 19.6. The summed E-state index contributed by atoms with van der Waals surface area (Å²) in [4.78, 5) is 36.9. The first-order valence-corrected chi connectivity index (χ1v) is 11.8. The highest BCUT2D eigenvalue weighted by Crippen LogP contribution is 2.44. The number of methoxy groups -OCH3 is 1. The van der Waals surface area contributed by atoms with Gasteiger partial charge in [-0.3, -0.25) is 9.59 Å². The smallest absolute Gasteiger partial charge is 0.407 e. The van der Waals surface area contributed by atoms with Crippen LogP contribution in [0.15, 0.2) is 60.7 Å². The number of benzene rings is 2. The molecule has 4 rings (SSSR count). The fourth-order valence-corrected chi connectivity index (χ4v) is 4.77. The van der Waals surface area contributed by atoms with Gasteiger partial charge in [0, 0.05) is 32.1 Å². The molecule has 35 heavy (non-hydrogen) atoms. The van der Waals surface area contributed by atoms with E-state index in [4.69, 9.17) is 9.47 Å². The Bertz CT molecular complexity index is 1070. The Morgan fingerprint density at radius 3 is 2.34 bits per heavy atom. The summed E-state index contributed by atoms with van der Waals surface area (Å²) in [5, 5.41) is 14.7. The Morgan fingerprint density at radius 2 is 1.71 bits per heavy atom. The Labute approximate surface area is 204 Å². The molecule has 2 aromatic rings. The highest BCUT2D eigenvalue weighted by molar-refractivity contribution is 5.86. The van der Waals surface area contributed by atoms with Gasteiger partial charge in [0.2, 0.25) is 5.91 Å². The largest absolute Gasteiger partial charge is 0.481 e. The van der Waals surface area contributed by atoms with E-state index >= 15 is 0 Å². The van der Waals surface area contributed by atoms with Crippen LogP contribution in [-0.2, 0) is 19.1 Å². The van der Waals surface area contributed by atoms with Crippen LogP contribution in [0, 0.1) is 5.92 Å². The van der Waals surface area contributed by atoms with Crippen molar-refractivity contribution in [1.29, 1.82) is 0 Å². The fourth-order valence-electron chi connectivity index (χ4n) is 4.77. The van der Waals surface area contributed by atoms with Crippen molar-refractivity contribution in [3.05, 3.63) is 71.8 Å². The minimum absolute atomic E-state index is 0.0836. The topological polar surface area (TPSA) is 114 Å². The molecule has 0 radical (unpaired) electrons. The van der Waals surface area contributed by atoms with E-state index in [0.29, 0.717) is 12.8 Å². The molecule has 0 aliphatic heterocycles. The molecule has 0 saturated heterocycles. The van der Waals surface area contributed by atoms with Crippen LogP contribution in [0.5, 0.6) is 0 Å². The van der Waals surface area contributed by atoms with Crippen LogP contribution in [-0.4, -0.2) is 55.5 Å². The number of nitrogens with one attached hydrogen (secondary N) is 2. The summed E-state index contributed by atoms with van der Waals surface area (Å²) in [5.41, 5.74) is 4.48. The lowest BCUT2D eigenvalue weighted by Crippen LogP contribution is -2.50. The molecule has 3 atom stereocenters. The van der Waals surface area contributed by atoms with E-state index in [0.717, 1.165) is 22.3 Å². The first kappa shape index (κ1) is 24.5. The molecule has 0 fully saturated rings. The molecule has 8 nitrogen and oxygen atoms in total. The molecule has 2 amide bonds. The van der Waals surface area contributed by atoms with Gasteiger partial charge in [-0.15, -0.1) is 0 Å². The Kier molecular flexibility index (Phi) is 7.82. The van der Waals surface area contributed by atoms with Gasteiger partial charge in [0.05, 0.1) is 5.92 Å². The van der Waals surface area contributed by atoms with Crippen molar-refractivity contribution >= 4 is 18.0 Å². The van der Waals surface area contributed by atoms with E-state index < -0.39 is 36.0 Å². The first-order chi connectivity index (χ1) is 17.0. The zero-order valence-electron chi connectivity index (χ0n) is 19.6. The number of aliphatic carboxylic acids is 1. The standard InChI is InChI=1S/C27H30N2O6/c1-34-14-13-24(25(30)28-18-8-6-7-17(15-18)26(31)32)29-27(33)35-16-23-21-11-4-2-9-19(21)20-10-3-5-12-22(20)23/h2-6,8-12,17-18,23-24H,7,13-16H2,1H3,(H,28,30)(H,29,33)(H,31,32). The van der Waals surface area contributed by atoms with Crippen LogP contribution in [0.1, 0.15) is 36.3 Å². The number of carbonyl (C=O) groups excluding carboxylic acids is 2. The highest BCUT2D eigenvalue weighted by Gasteiger charge is 2.31. The number of allylic oxidation sites excluding steroid dienone is 1. The van der Waals surface area contributed by atoms with Crippen molar-refractivity contribution in [3.63, 3.8) is 0 Å². The lowest BCUT2D eigenvalue weighted by molar-refractivity contribution is -0.142. The zero-order chi connectivity index (χ0) is 24.8. The predicted molar refractivity (Wildman–Crippen MR) is 130 cm³/mol. The average Bonchev–Trinajstić information content (AvgIpc) is 3.19. The van der Waals surface area contributed by atoms with Gasteiger partial charge in [-0.25, -0.2) is 4.79 Å². The van der Waals surface area contributed by atoms with E-state index in [1.165, 1.54) is 7.11 Å². The van der Waals surface area contributed by atoms with Gasteiger partial charge in [-0.2, -0.15) is 0 Å². The molecule has 3 N–H and O–H groups in total. The lowest BCUT2D eigenvalue weighted by Gasteiger charge is -2.25. The number of hydrogen-bond acceptors (Lipinski definition) is 5. The average molecular weight is 479 g/mol. The van der Waals surface area contributed by atoms with Gasteiger partial charge < -0.3 is 25.2 Å². The number of carboxylic acids is 1. The summed E-state index contributed by atoms with van der Waals surface area (Å²) in [7, 11) is 1.52. The van der Waals surface area contributed by atoms with Crippen LogP contribution in [0.25, 0.3) is 11.1 Å². The van der Waals surface area contributed by atoms with Crippen LogP contribution in [0.2, 0.25) is 0 Å². The summed E-state index contributed by atoms with van der Waals surface area (Å²) in [6, 6.07) is 14.8. The van der Waals surface area contributed by atoms with Crippen LogP contribution >= 0.6 is 0 Å². The van der Waals surface area contributed by atoms with Crippen LogP contribution < -0.4 is 10.6 Å². The number of alkyl carbamates (subject to hydrolysis) is 1. The third-order valence-corrected chi connectivity index (χ3v) is 6.57. The summed E-state index contributed by atoms with van der Waals surface area (Å²) in [6.07, 6.45) is 3.86. The van der Waals surface area contributed by atoms with E-state index in [2.05, 4.69) is 22.8 Å². The minimum atomic E-state index is -0.888. The van der Waals surface area contributed by atoms with Gasteiger partial charge in [0.25, 0.3) is 0 Å². The normalized spacial score (nSPS) is 19.3. The molecule has 0 spiro atoms. The molecule has 0 bridgehead atoms. The molecular formula is C27H30N2O6. The number of rotatable bonds is 9. The number of hydrogen-bond donors (Lipinski definition) is 3. The maximum absolute atomic E-state index is 12.9. The predicted octanol–water partition coefficient (Wildman–Crippen LogP) is 3.47. The second-order valence-electron chi connectivity index (χ2n) is 8.85. The van der Waals surface area contributed by atoms with Crippen molar-refractivity contribution in [2.45, 2.75) is 37.3 Å². The van der Waals surface area contributed by atoms with Crippen molar-refractivity contribution in [2.75, 3.05) is 20.3 Å². The molecule has 2 aliphatic rings. The van der Waals surface area contributed by atoms with Crippen LogP contribution in [0.3, 0.4) is 0 Å². The van der Waals surface area contributed by atoms with Crippen LogP contribution in [0.4, 0.5) is 4.79 Å². The molecule has 0 saturated carbocycles. The number of amides is 2. The highest BCUT2D eigenvalue weighted by atomic mass is 16.5. The number of ether oxygens (including phenoxy) is 2. The molecular weight excluding hydrogens is 448 g/mol. The van der Waals surface area contributed by atoms with Gasteiger partial charge in [0.1, 0.15) is 12.6 Å². The van der Waals surface area contributed by atoms with Gasteiger partial charge >= 0.3 is 12.1 Å². The molecule has 3 unspecified atom stereocenters.